The van der Waals surface area contributed by atoms with Gasteiger partial charge in [0.15, 0.2) is 0 Å². The van der Waals surface area contributed by atoms with Crippen LogP contribution in [0, 0.1) is 0 Å². The van der Waals surface area contributed by atoms with E-state index in [0.29, 0.717) is 30.0 Å². The second kappa shape index (κ2) is 8.45. The third-order valence-corrected chi connectivity index (χ3v) is 5.35. The molecule has 0 atom stereocenters. The van der Waals surface area contributed by atoms with Gasteiger partial charge in [-0.15, -0.1) is 0 Å². The van der Waals surface area contributed by atoms with E-state index >= 15 is 0 Å². The summed E-state index contributed by atoms with van der Waals surface area (Å²) < 4.78 is 1.28. The van der Waals surface area contributed by atoms with Crippen LogP contribution in [0.1, 0.15) is 23.2 Å². The molecule has 4 rings (SSSR count). The van der Waals surface area contributed by atoms with Gasteiger partial charge in [-0.05, 0) is 37.1 Å². The number of amides is 1. The lowest BCUT2D eigenvalue weighted by Gasteiger charge is -2.33. The van der Waals surface area contributed by atoms with Gasteiger partial charge in [-0.3, -0.25) is 14.6 Å². The van der Waals surface area contributed by atoms with Crippen molar-refractivity contribution in [2.45, 2.75) is 18.9 Å². The number of halogens is 1. The first kappa shape index (κ1) is 19.1. The second-order valence-corrected chi connectivity index (χ2v) is 7.25. The molecule has 0 bridgehead atoms. The Hall–Kier alpha value is -3.19. The van der Waals surface area contributed by atoms with E-state index in [0.717, 1.165) is 12.8 Å². The third-order valence-electron chi connectivity index (χ3n) is 4.99. The topological polar surface area (TPSA) is 80.1 Å². The number of likely N-dealkylation sites (tertiary alicyclic amines) is 1. The van der Waals surface area contributed by atoms with Gasteiger partial charge in [0, 0.05) is 37.1 Å². The highest BCUT2D eigenvalue weighted by Crippen LogP contribution is 2.22. The molecule has 7 nitrogen and oxygen atoms in total. The first-order chi connectivity index (χ1) is 14.1. The Morgan fingerprint density at radius 1 is 1.07 bits per heavy atom. The number of benzene rings is 1. The van der Waals surface area contributed by atoms with Gasteiger partial charge in [0.2, 0.25) is 0 Å². The van der Waals surface area contributed by atoms with E-state index in [9.17, 15) is 9.59 Å². The smallest absolute Gasteiger partial charge is 0.292 e. The Morgan fingerprint density at radius 3 is 2.45 bits per heavy atom. The summed E-state index contributed by atoms with van der Waals surface area (Å²) in [6.45, 7) is 1.26. The molecule has 1 aliphatic heterocycles. The van der Waals surface area contributed by atoms with Crippen molar-refractivity contribution >= 4 is 23.2 Å². The van der Waals surface area contributed by atoms with E-state index in [1.54, 1.807) is 42.9 Å². The Labute approximate surface area is 173 Å². The molecule has 1 N–H and O–H groups in total. The van der Waals surface area contributed by atoms with Gasteiger partial charge < -0.3 is 10.2 Å². The molecule has 0 aliphatic carbocycles. The summed E-state index contributed by atoms with van der Waals surface area (Å²) in [6.07, 6.45) is 6.33. The van der Waals surface area contributed by atoms with E-state index in [-0.39, 0.29) is 22.5 Å². The second-order valence-electron chi connectivity index (χ2n) is 6.87. The molecule has 1 amide bonds. The van der Waals surface area contributed by atoms with Crippen LogP contribution in [-0.4, -0.2) is 44.7 Å². The molecular formula is C21H20ClN5O2. The summed E-state index contributed by atoms with van der Waals surface area (Å²) in [5.41, 5.74) is 1.45. The van der Waals surface area contributed by atoms with Crippen molar-refractivity contribution in [3.8, 4) is 5.69 Å². The monoisotopic (exact) mass is 409 g/mol. The number of nitrogens with zero attached hydrogens (tertiary/aromatic N) is 4. The summed E-state index contributed by atoms with van der Waals surface area (Å²) in [5, 5.41) is 7.67. The third kappa shape index (κ3) is 4.14. The number of anilines is 1. The SMILES string of the molecule is O=C(c1ccncc1)N1CCC(Nc2cnn(-c3ccccc3)c(=O)c2Cl)CC1. The van der Waals surface area contributed by atoms with Crippen LogP contribution < -0.4 is 10.9 Å². The minimum atomic E-state index is -0.367. The van der Waals surface area contributed by atoms with Crippen LogP contribution in [0.4, 0.5) is 5.69 Å². The zero-order valence-electron chi connectivity index (χ0n) is 15.7. The lowest BCUT2D eigenvalue weighted by atomic mass is 10.0. The van der Waals surface area contributed by atoms with Crippen molar-refractivity contribution < 1.29 is 4.79 Å². The van der Waals surface area contributed by atoms with Crippen LogP contribution in [0.25, 0.3) is 5.69 Å². The molecule has 1 aliphatic rings. The lowest BCUT2D eigenvalue weighted by molar-refractivity contribution is 0.0718. The maximum atomic E-state index is 12.6. The number of pyridine rings is 1. The highest BCUT2D eigenvalue weighted by atomic mass is 35.5. The molecule has 1 aromatic carbocycles. The summed E-state index contributed by atoms with van der Waals surface area (Å²) >= 11 is 6.32. The van der Waals surface area contributed by atoms with Crippen LogP contribution in [0.3, 0.4) is 0 Å². The minimum absolute atomic E-state index is 0.0102. The molecule has 8 heteroatoms. The molecule has 1 fully saturated rings. The van der Waals surface area contributed by atoms with Crippen LogP contribution in [-0.2, 0) is 0 Å². The van der Waals surface area contributed by atoms with Gasteiger partial charge in [-0.1, -0.05) is 29.8 Å². The molecule has 1 saturated heterocycles. The molecule has 148 valence electrons. The van der Waals surface area contributed by atoms with Gasteiger partial charge >= 0.3 is 0 Å². The Kier molecular flexibility index (Phi) is 5.57. The molecule has 0 saturated carbocycles. The van der Waals surface area contributed by atoms with Gasteiger partial charge in [0.05, 0.1) is 17.6 Å². The van der Waals surface area contributed by atoms with Gasteiger partial charge in [-0.2, -0.15) is 9.78 Å². The number of rotatable bonds is 4. The van der Waals surface area contributed by atoms with Crippen LogP contribution >= 0.6 is 11.6 Å². The summed E-state index contributed by atoms with van der Waals surface area (Å²) in [7, 11) is 0. The maximum Gasteiger partial charge on any atom is 0.292 e. The normalized spacial score (nSPS) is 14.6. The number of nitrogens with one attached hydrogen (secondary N) is 1. The van der Waals surface area contributed by atoms with Gasteiger partial charge in [0.1, 0.15) is 5.02 Å². The molecule has 0 unspecified atom stereocenters. The minimum Gasteiger partial charge on any atom is -0.380 e. The van der Waals surface area contributed by atoms with Crippen molar-refractivity contribution in [2.24, 2.45) is 0 Å². The van der Waals surface area contributed by atoms with Crippen molar-refractivity contribution in [2.75, 3.05) is 18.4 Å². The summed E-state index contributed by atoms with van der Waals surface area (Å²) in [5.74, 6) is 0.0102. The summed E-state index contributed by atoms with van der Waals surface area (Å²) in [4.78, 5) is 30.9. The van der Waals surface area contributed by atoms with Crippen LogP contribution in [0.5, 0.6) is 0 Å². The quantitative estimate of drug-likeness (QED) is 0.716. The lowest BCUT2D eigenvalue weighted by Crippen LogP contribution is -2.42. The number of carbonyl (C=O) groups is 1. The number of piperidine rings is 1. The summed E-state index contributed by atoms with van der Waals surface area (Å²) in [6, 6.07) is 12.7. The molecule has 2 aromatic heterocycles. The van der Waals surface area contributed by atoms with Crippen LogP contribution in [0.2, 0.25) is 5.02 Å². The Morgan fingerprint density at radius 2 is 1.76 bits per heavy atom. The van der Waals surface area contributed by atoms with Crippen molar-refractivity contribution in [3.63, 3.8) is 0 Å². The molecule has 0 spiro atoms. The van der Waals surface area contributed by atoms with Crippen molar-refractivity contribution in [1.29, 1.82) is 0 Å². The fourth-order valence-corrected chi connectivity index (χ4v) is 3.59. The van der Waals surface area contributed by atoms with Gasteiger partial charge in [0.25, 0.3) is 11.5 Å². The number of aromatic nitrogens is 3. The van der Waals surface area contributed by atoms with E-state index in [4.69, 9.17) is 11.6 Å². The molecule has 0 radical (unpaired) electrons. The van der Waals surface area contributed by atoms with Crippen LogP contribution in [0.15, 0.2) is 65.8 Å². The number of carbonyl (C=O) groups excluding carboxylic acids is 1. The van der Waals surface area contributed by atoms with E-state index in [1.807, 2.05) is 23.1 Å². The number of hydrogen-bond donors (Lipinski definition) is 1. The molecule has 3 aromatic rings. The number of para-hydroxylation sites is 1. The predicted molar refractivity (Wildman–Crippen MR) is 112 cm³/mol. The van der Waals surface area contributed by atoms with E-state index in [2.05, 4.69) is 15.4 Å². The first-order valence-corrected chi connectivity index (χ1v) is 9.80. The Bertz CT molecular complexity index is 1050. The van der Waals surface area contributed by atoms with E-state index in [1.165, 1.54) is 4.68 Å². The highest BCUT2D eigenvalue weighted by molar-refractivity contribution is 6.33. The Balaban J connectivity index is 1.42. The maximum absolute atomic E-state index is 12.6. The molecule has 3 heterocycles. The largest absolute Gasteiger partial charge is 0.380 e. The first-order valence-electron chi connectivity index (χ1n) is 9.42. The van der Waals surface area contributed by atoms with Crippen molar-refractivity contribution in [1.82, 2.24) is 19.7 Å². The molecule has 29 heavy (non-hydrogen) atoms. The standard InChI is InChI=1S/C21H20ClN5O2/c22-19-18(14-24-27(21(19)29)17-4-2-1-3-5-17)25-16-8-12-26(13-9-16)20(28)15-6-10-23-11-7-15/h1-7,10-11,14,16,25H,8-9,12-13H2. The average Bonchev–Trinajstić information content (AvgIpc) is 2.78. The number of hydrogen-bond acceptors (Lipinski definition) is 5. The predicted octanol–water partition coefficient (Wildman–Crippen LogP) is 3.00. The average molecular weight is 410 g/mol. The fourth-order valence-electron chi connectivity index (χ4n) is 3.41. The van der Waals surface area contributed by atoms with E-state index < -0.39 is 0 Å². The van der Waals surface area contributed by atoms with Gasteiger partial charge in [-0.25, -0.2) is 0 Å². The highest BCUT2D eigenvalue weighted by Gasteiger charge is 2.24. The zero-order chi connectivity index (χ0) is 20.2. The zero-order valence-corrected chi connectivity index (χ0v) is 16.4. The fraction of sp³-hybridized carbons (Fsp3) is 0.238. The molecular weight excluding hydrogens is 390 g/mol. The van der Waals surface area contributed by atoms with Crippen molar-refractivity contribution in [3.05, 3.63) is 82.0 Å².